The number of carbonyl (C=O) groups excluding carboxylic acids is 1. The summed E-state index contributed by atoms with van der Waals surface area (Å²) in [7, 11) is 0. The third kappa shape index (κ3) is 2.47. The third-order valence-corrected chi connectivity index (χ3v) is 5.71. The minimum absolute atomic E-state index is 0.325. The first-order chi connectivity index (χ1) is 9.49. The third-order valence-electron chi connectivity index (χ3n) is 5.71. The van der Waals surface area contributed by atoms with Crippen LogP contribution < -0.4 is 11.5 Å². The molecule has 3 aliphatic rings. The van der Waals surface area contributed by atoms with Gasteiger partial charge in [0.05, 0.1) is 5.54 Å². The zero-order chi connectivity index (χ0) is 14.3. The van der Waals surface area contributed by atoms with Gasteiger partial charge in [0.2, 0.25) is 5.91 Å². The van der Waals surface area contributed by atoms with Crippen molar-refractivity contribution in [2.24, 2.45) is 11.5 Å². The monoisotopic (exact) mass is 280 g/mol. The van der Waals surface area contributed by atoms with Crippen molar-refractivity contribution in [2.45, 2.75) is 69.1 Å². The molecule has 0 aromatic carbocycles. The number of fused-ring (bicyclic) bond motifs is 1. The number of hydrogen-bond donors (Lipinski definition) is 2. The molecule has 5 nitrogen and oxygen atoms in total. The van der Waals surface area contributed by atoms with Crippen LogP contribution in [0.4, 0.5) is 0 Å². The predicted octanol–water partition coefficient (Wildman–Crippen LogP) is 0.280. The Labute approximate surface area is 121 Å². The van der Waals surface area contributed by atoms with Crippen molar-refractivity contribution in [1.29, 1.82) is 0 Å². The van der Waals surface area contributed by atoms with Gasteiger partial charge in [-0.25, -0.2) is 0 Å². The molecule has 1 saturated carbocycles. The largest absolute Gasteiger partial charge is 0.368 e. The summed E-state index contributed by atoms with van der Waals surface area (Å²) in [6, 6.07) is 1.71. The molecule has 2 aliphatic heterocycles. The molecule has 1 amide bonds. The smallest absolute Gasteiger partial charge is 0.237 e. The van der Waals surface area contributed by atoms with Crippen LogP contribution in [0.15, 0.2) is 0 Å². The molecule has 4 unspecified atom stereocenters. The van der Waals surface area contributed by atoms with Gasteiger partial charge in [-0.05, 0) is 52.0 Å². The quantitative estimate of drug-likeness (QED) is 0.762. The molecule has 4 N–H and O–H groups in total. The highest BCUT2D eigenvalue weighted by molar-refractivity contribution is 5.84. The summed E-state index contributed by atoms with van der Waals surface area (Å²) in [5.74, 6) is -0.325. The van der Waals surface area contributed by atoms with Crippen molar-refractivity contribution in [3.05, 3.63) is 0 Å². The molecule has 20 heavy (non-hydrogen) atoms. The number of hydrogen-bond acceptors (Lipinski definition) is 4. The van der Waals surface area contributed by atoms with Crippen LogP contribution in [0.3, 0.4) is 0 Å². The SMILES string of the molecule is CC1CN2CCCC2CN1C1CCCC(N)(C(N)=O)C1. The molecule has 3 rings (SSSR count). The van der Waals surface area contributed by atoms with Crippen LogP contribution in [0, 0.1) is 0 Å². The van der Waals surface area contributed by atoms with Crippen LogP contribution >= 0.6 is 0 Å². The van der Waals surface area contributed by atoms with E-state index in [2.05, 4.69) is 16.7 Å². The van der Waals surface area contributed by atoms with Gasteiger partial charge in [-0.2, -0.15) is 0 Å². The zero-order valence-corrected chi connectivity index (χ0v) is 12.6. The number of nitrogens with two attached hydrogens (primary N) is 2. The van der Waals surface area contributed by atoms with Gasteiger partial charge in [0.25, 0.3) is 0 Å². The van der Waals surface area contributed by atoms with Gasteiger partial charge < -0.3 is 11.5 Å². The van der Waals surface area contributed by atoms with E-state index in [4.69, 9.17) is 11.5 Å². The van der Waals surface area contributed by atoms with Gasteiger partial charge in [-0.15, -0.1) is 0 Å². The first kappa shape index (κ1) is 14.3. The average molecular weight is 280 g/mol. The van der Waals surface area contributed by atoms with Crippen molar-refractivity contribution < 1.29 is 4.79 Å². The van der Waals surface area contributed by atoms with Crippen molar-refractivity contribution in [1.82, 2.24) is 9.80 Å². The zero-order valence-electron chi connectivity index (χ0n) is 12.6. The van der Waals surface area contributed by atoms with E-state index in [1.807, 2.05) is 0 Å². The van der Waals surface area contributed by atoms with E-state index >= 15 is 0 Å². The number of amides is 1. The van der Waals surface area contributed by atoms with E-state index in [1.54, 1.807) is 0 Å². The maximum atomic E-state index is 11.6. The second-order valence-electron chi connectivity index (χ2n) is 7.11. The van der Waals surface area contributed by atoms with Crippen LogP contribution in [-0.2, 0) is 4.79 Å². The Morgan fingerprint density at radius 1 is 1.20 bits per heavy atom. The molecule has 0 aromatic heterocycles. The summed E-state index contributed by atoms with van der Waals surface area (Å²) < 4.78 is 0. The number of nitrogens with zero attached hydrogens (tertiary/aromatic N) is 2. The van der Waals surface area contributed by atoms with E-state index in [0.717, 1.165) is 38.8 Å². The predicted molar refractivity (Wildman–Crippen MR) is 79.1 cm³/mol. The summed E-state index contributed by atoms with van der Waals surface area (Å²) in [4.78, 5) is 16.9. The topological polar surface area (TPSA) is 75.6 Å². The summed E-state index contributed by atoms with van der Waals surface area (Å²) in [6.07, 6.45) is 6.30. The number of piperazine rings is 1. The first-order valence-corrected chi connectivity index (χ1v) is 8.08. The van der Waals surface area contributed by atoms with E-state index < -0.39 is 5.54 Å². The molecular weight excluding hydrogens is 252 g/mol. The average Bonchev–Trinajstić information content (AvgIpc) is 2.84. The fourth-order valence-corrected chi connectivity index (χ4v) is 4.50. The lowest BCUT2D eigenvalue weighted by atomic mass is 9.78. The summed E-state index contributed by atoms with van der Waals surface area (Å²) >= 11 is 0. The lowest BCUT2D eigenvalue weighted by molar-refractivity contribution is -0.125. The highest BCUT2D eigenvalue weighted by atomic mass is 16.1. The van der Waals surface area contributed by atoms with Gasteiger partial charge in [-0.1, -0.05) is 0 Å². The lowest BCUT2D eigenvalue weighted by Crippen LogP contribution is -2.63. The molecule has 0 spiro atoms. The summed E-state index contributed by atoms with van der Waals surface area (Å²) in [5, 5.41) is 0. The molecular formula is C15H28N4O. The summed E-state index contributed by atoms with van der Waals surface area (Å²) in [5.41, 5.74) is 11.0. The highest BCUT2D eigenvalue weighted by Gasteiger charge is 2.43. The van der Waals surface area contributed by atoms with E-state index in [9.17, 15) is 4.79 Å². The fourth-order valence-electron chi connectivity index (χ4n) is 4.50. The lowest BCUT2D eigenvalue weighted by Gasteiger charge is -2.49. The first-order valence-electron chi connectivity index (χ1n) is 8.08. The van der Waals surface area contributed by atoms with Crippen LogP contribution in [0.2, 0.25) is 0 Å². The molecule has 0 bridgehead atoms. The molecule has 2 heterocycles. The molecule has 1 aliphatic carbocycles. The van der Waals surface area contributed by atoms with Crippen molar-refractivity contribution >= 4 is 5.91 Å². The van der Waals surface area contributed by atoms with E-state index in [1.165, 1.54) is 19.4 Å². The Bertz CT molecular complexity index is 388. The van der Waals surface area contributed by atoms with Crippen LogP contribution in [0.1, 0.15) is 45.4 Å². The molecule has 0 aromatic rings. The number of primary amides is 1. The Morgan fingerprint density at radius 2 is 1.95 bits per heavy atom. The van der Waals surface area contributed by atoms with Gasteiger partial charge in [0.1, 0.15) is 0 Å². The van der Waals surface area contributed by atoms with E-state index in [-0.39, 0.29) is 5.91 Å². The van der Waals surface area contributed by atoms with Gasteiger partial charge in [-0.3, -0.25) is 14.6 Å². The Balaban J connectivity index is 1.70. The molecule has 2 saturated heterocycles. The molecule has 0 radical (unpaired) electrons. The molecule has 3 fully saturated rings. The number of rotatable bonds is 2. The van der Waals surface area contributed by atoms with Crippen molar-refractivity contribution in [3.63, 3.8) is 0 Å². The van der Waals surface area contributed by atoms with E-state index in [0.29, 0.717) is 18.1 Å². The fraction of sp³-hybridized carbons (Fsp3) is 0.933. The molecule has 114 valence electrons. The Kier molecular flexibility index (Phi) is 3.77. The van der Waals surface area contributed by atoms with Gasteiger partial charge in [0.15, 0.2) is 0 Å². The maximum absolute atomic E-state index is 11.6. The second-order valence-corrected chi connectivity index (χ2v) is 7.11. The Hall–Kier alpha value is -0.650. The second kappa shape index (κ2) is 5.28. The minimum atomic E-state index is -0.782. The van der Waals surface area contributed by atoms with Crippen LogP contribution in [0.25, 0.3) is 0 Å². The maximum Gasteiger partial charge on any atom is 0.237 e. The highest BCUT2D eigenvalue weighted by Crippen LogP contribution is 2.34. The molecule has 4 atom stereocenters. The normalized spacial score (nSPS) is 43.4. The standard InChI is InChI=1S/C15H28N4O/c1-11-9-18-7-3-5-13(18)10-19(11)12-4-2-6-15(17,8-12)14(16)20/h11-13H,2-10,17H2,1H3,(H2,16,20). The van der Waals surface area contributed by atoms with Crippen molar-refractivity contribution in [2.75, 3.05) is 19.6 Å². The van der Waals surface area contributed by atoms with Crippen LogP contribution in [0.5, 0.6) is 0 Å². The van der Waals surface area contributed by atoms with Gasteiger partial charge >= 0.3 is 0 Å². The molecule has 5 heteroatoms. The van der Waals surface area contributed by atoms with Crippen LogP contribution in [-0.4, -0.2) is 59.0 Å². The minimum Gasteiger partial charge on any atom is -0.368 e. The Morgan fingerprint density at radius 3 is 2.70 bits per heavy atom. The van der Waals surface area contributed by atoms with Gasteiger partial charge in [0, 0.05) is 31.2 Å². The van der Waals surface area contributed by atoms with Crippen molar-refractivity contribution in [3.8, 4) is 0 Å². The summed E-state index contributed by atoms with van der Waals surface area (Å²) in [6.45, 7) is 5.87. The number of carbonyl (C=O) groups is 1.